The molecule has 3 rings (SSSR count). The van der Waals surface area contributed by atoms with Crippen LogP contribution in [0.2, 0.25) is 0 Å². The molecule has 0 aromatic heterocycles. The summed E-state index contributed by atoms with van der Waals surface area (Å²) in [5.74, 6) is -3.03. The molecule has 34 heavy (non-hydrogen) atoms. The molecule has 10 heteroatoms. The fraction of sp³-hybridized carbons (Fsp3) is 0.250. The summed E-state index contributed by atoms with van der Waals surface area (Å²) in [6.07, 6.45) is 1.92. The number of carboxylic acid groups (broad SMARTS) is 1. The number of ketones is 1. The summed E-state index contributed by atoms with van der Waals surface area (Å²) in [6.45, 7) is 3.60. The van der Waals surface area contributed by atoms with Crippen LogP contribution in [0.3, 0.4) is 0 Å². The molecule has 0 radical (unpaired) electrons. The van der Waals surface area contributed by atoms with E-state index in [2.05, 4.69) is 10.6 Å². The molecule has 3 N–H and O–H groups in total. The van der Waals surface area contributed by atoms with Crippen LogP contribution in [-0.4, -0.2) is 46.8 Å². The van der Waals surface area contributed by atoms with E-state index in [9.17, 15) is 28.7 Å². The molecule has 1 heterocycles. The number of rotatable bonds is 6. The standard InChI is InChI=1S/C24H24FN3O5.Na.H/c1-13-6-4-5-7-16(13)17-10-15(25)11-18(14(17)2)19(12-21(30)31)26-24(33)27-22-20(29)8-9-28(3)23(22)32;;/h4-11,19,22H,12H2,1-3H3,(H,30,31)(H2,26,27,33);;/q;+1;-1/t19-,22?;;/m0../s1. The largest absolute Gasteiger partial charge is 1.00 e. The Kier molecular flexibility index (Phi) is 9.14. The van der Waals surface area contributed by atoms with Crippen LogP contribution in [-0.2, 0) is 14.4 Å². The second-order valence-corrected chi connectivity index (χ2v) is 7.85. The van der Waals surface area contributed by atoms with Crippen LogP contribution in [0.25, 0.3) is 11.1 Å². The maximum absolute atomic E-state index is 14.6. The topological polar surface area (TPSA) is 116 Å². The first-order valence-corrected chi connectivity index (χ1v) is 10.2. The second-order valence-electron chi connectivity index (χ2n) is 7.85. The molecule has 3 amide bonds. The molecule has 0 bridgehead atoms. The average molecular weight is 477 g/mol. The first-order chi connectivity index (χ1) is 15.6. The Bertz CT molecular complexity index is 1170. The molecular formula is C24H25FN3NaO5. The number of carbonyl (C=O) groups excluding carboxylic acids is 3. The number of amides is 3. The van der Waals surface area contributed by atoms with Gasteiger partial charge in [-0.05, 0) is 53.8 Å². The van der Waals surface area contributed by atoms with E-state index in [1.54, 1.807) is 6.92 Å². The third-order valence-electron chi connectivity index (χ3n) is 5.52. The van der Waals surface area contributed by atoms with Gasteiger partial charge in [0.05, 0.1) is 12.5 Å². The van der Waals surface area contributed by atoms with Gasteiger partial charge in [-0.25, -0.2) is 9.18 Å². The molecule has 0 fully saturated rings. The second kappa shape index (κ2) is 11.4. The molecule has 0 saturated heterocycles. The summed E-state index contributed by atoms with van der Waals surface area (Å²) in [7, 11) is 1.44. The minimum Gasteiger partial charge on any atom is -1.00 e. The third kappa shape index (κ3) is 6.11. The molecule has 0 aliphatic carbocycles. The summed E-state index contributed by atoms with van der Waals surface area (Å²) >= 11 is 0. The van der Waals surface area contributed by atoms with Crippen LogP contribution in [0.4, 0.5) is 9.18 Å². The minimum atomic E-state index is -1.43. The van der Waals surface area contributed by atoms with Crippen molar-refractivity contribution < 1.29 is 59.7 Å². The van der Waals surface area contributed by atoms with Crippen molar-refractivity contribution in [3.63, 3.8) is 0 Å². The predicted molar refractivity (Wildman–Crippen MR) is 120 cm³/mol. The van der Waals surface area contributed by atoms with Crippen molar-refractivity contribution in [2.75, 3.05) is 7.05 Å². The van der Waals surface area contributed by atoms with Crippen molar-refractivity contribution in [1.82, 2.24) is 15.5 Å². The predicted octanol–water partition coefficient (Wildman–Crippen LogP) is -0.0356. The molecule has 2 atom stereocenters. The number of carboxylic acids is 1. The van der Waals surface area contributed by atoms with Crippen molar-refractivity contribution in [3.8, 4) is 11.1 Å². The van der Waals surface area contributed by atoms with E-state index in [0.717, 1.165) is 22.1 Å². The number of carbonyl (C=O) groups is 4. The maximum atomic E-state index is 14.6. The Hall–Kier alpha value is -3.01. The number of benzene rings is 2. The first kappa shape index (κ1) is 27.2. The summed E-state index contributed by atoms with van der Waals surface area (Å²) in [5, 5.41) is 14.2. The van der Waals surface area contributed by atoms with E-state index in [1.165, 1.54) is 25.4 Å². The SMILES string of the molecule is Cc1ccccc1-c1cc(F)cc([C@H](CC(=O)O)NC(=O)NC2C(=O)C=CN(C)C2=O)c1C.[H-].[Na+]. The fourth-order valence-corrected chi connectivity index (χ4v) is 3.77. The molecule has 0 saturated carbocycles. The van der Waals surface area contributed by atoms with Crippen LogP contribution in [0, 0.1) is 19.7 Å². The maximum Gasteiger partial charge on any atom is 1.00 e. The van der Waals surface area contributed by atoms with Crippen LogP contribution in [0.15, 0.2) is 48.7 Å². The van der Waals surface area contributed by atoms with Crippen LogP contribution < -0.4 is 40.2 Å². The molecule has 2 aromatic rings. The molecule has 1 unspecified atom stereocenters. The monoisotopic (exact) mass is 477 g/mol. The molecule has 1 aliphatic rings. The average Bonchev–Trinajstić information content (AvgIpc) is 2.75. The van der Waals surface area contributed by atoms with Crippen LogP contribution >= 0.6 is 0 Å². The first-order valence-electron chi connectivity index (χ1n) is 10.2. The number of halogens is 1. The van der Waals surface area contributed by atoms with E-state index in [1.807, 2.05) is 31.2 Å². The van der Waals surface area contributed by atoms with Gasteiger partial charge in [0, 0.05) is 19.3 Å². The molecule has 8 nitrogen and oxygen atoms in total. The number of nitrogens with one attached hydrogen (secondary N) is 2. The minimum absolute atomic E-state index is 0. The van der Waals surface area contributed by atoms with Crippen LogP contribution in [0.1, 0.15) is 30.6 Å². The summed E-state index contributed by atoms with van der Waals surface area (Å²) in [4.78, 5) is 49.5. The summed E-state index contributed by atoms with van der Waals surface area (Å²) in [6, 6.07) is 6.46. The van der Waals surface area contributed by atoms with Gasteiger partial charge in [0.25, 0.3) is 5.91 Å². The molecule has 0 spiro atoms. The van der Waals surface area contributed by atoms with Gasteiger partial charge < -0.3 is 22.1 Å². The quantitative estimate of drug-likeness (QED) is 0.399. The Morgan fingerprint density at radius 3 is 2.50 bits per heavy atom. The van der Waals surface area contributed by atoms with E-state index < -0.39 is 48.0 Å². The Morgan fingerprint density at radius 2 is 1.85 bits per heavy atom. The van der Waals surface area contributed by atoms with Crippen LogP contribution in [0.5, 0.6) is 0 Å². The van der Waals surface area contributed by atoms with E-state index in [-0.39, 0.29) is 36.5 Å². The van der Waals surface area contributed by atoms with Crippen molar-refractivity contribution in [1.29, 1.82) is 0 Å². The summed E-state index contributed by atoms with van der Waals surface area (Å²) < 4.78 is 14.6. The van der Waals surface area contributed by atoms with Gasteiger partial charge in [-0.3, -0.25) is 14.4 Å². The normalized spacial score (nSPS) is 16.0. The molecule has 1 aliphatic heterocycles. The van der Waals surface area contributed by atoms with Gasteiger partial charge in [-0.2, -0.15) is 0 Å². The van der Waals surface area contributed by atoms with Gasteiger partial charge in [0.1, 0.15) is 5.82 Å². The summed E-state index contributed by atoms with van der Waals surface area (Å²) in [5.41, 5.74) is 3.14. The fourth-order valence-electron chi connectivity index (χ4n) is 3.77. The molecular weight excluding hydrogens is 452 g/mol. The Balaban J connectivity index is 0.00000306. The van der Waals surface area contributed by atoms with Gasteiger partial charge in [0.2, 0.25) is 0 Å². The number of hydrogen-bond acceptors (Lipinski definition) is 4. The van der Waals surface area contributed by atoms with Gasteiger partial charge in [-0.1, -0.05) is 24.3 Å². The molecule has 2 aromatic carbocycles. The van der Waals surface area contributed by atoms with Gasteiger partial charge >= 0.3 is 41.6 Å². The van der Waals surface area contributed by atoms with Crippen molar-refractivity contribution >= 4 is 23.7 Å². The number of hydrogen-bond donors (Lipinski definition) is 3. The number of nitrogens with zero attached hydrogens (tertiary/aromatic N) is 1. The number of aliphatic carboxylic acids is 1. The molecule has 174 valence electrons. The van der Waals surface area contributed by atoms with Crippen molar-refractivity contribution in [3.05, 3.63) is 71.2 Å². The van der Waals surface area contributed by atoms with E-state index in [4.69, 9.17) is 0 Å². The Morgan fingerprint density at radius 1 is 1.18 bits per heavy atom. The van der Waals surface area contributed by atoms with Crippen molar-refractivity contribution in [2.45, 2.75) is 32.4 Å². The van der Waals surface area contributed by atoms with Gasteiger partial charge in [-0.15, -0.1) is 0 Å². The zero-order valence-corrected chi connectivity index (χ0v) is 21.4. The van der Waals surface area contributed by atoms with E-state index >= 15 is 0 Å². The smallest absolute Gasteiger partial charge is 1.00 e. The van der Waals surface area contributed by atoms with E-state index in [0.29, 0.717) is 11.1 Å². The number of aryl methyl sites for hydroxylation is 1. The zero-order chi connectivity index (χ0) is 24.3. The third-order valence-corrected chi connectivity index (χ3v) is 5.52. The zero-order valence-electron chi connectivity index (χ0n) is 20.4. The number of urea groups is 1. The van der Waals surface area contributed by atoms with Gasteiger partial charge in [0.15, 0.2) is 11.8 Å². The number of likely N-dealkylation sites (N-methyl/N-ethyl adjacent to an activating group) is 1. The van der Waals surface area contributed by atoms with Crippen molar-refractivity contribution in [2.24, 2.45) is 0 Å². The Labute approximate surface area is 220 Å².